The molecule has 0 spiro atoms. The number of ether oxygens (including phenoxy) is 1. The molecule has 0 fully saturated rings. The van der Waals surface area contributed by atoms with Crippen LogP contribution in [0.2, 0.25) is 0 Å². The minimum absolute atomic E-state index is 0.256. The summed E-state index contributed by atoms with van der Waals surface area (Å²) < 4.78 is 64.5. The molecule has 1 nitrogen and oxygen atoms in total. The second kappa shape index (κ2) is 4.87. The van der Waals surface area contributed by atoms with Crippen molar-refractivity contribution in [3.63, 3.8) is 0 Å². The van der Waals surface area contributed by atoms with Crippen molar-refractivity contribution in [1.29, 1.82) is 0 Å². The van der Waals surface area contributed by atoms with E-state index < -0.39 is 28.6 Å². The summed E-state index contributed by atoms with van der Waals surface area (Å²) in [6.45, 7) is -3.18. The van der Waals surface area contributed by atoms with E-state index in [1.54, 1.807) is 0 Å². The molecule has 90 valence electrons. The van der Waals surface area contributed by atoms with Gasteiger partial charge in [-0.15, -0.1) is 0 Å². The first kappa shape index (κ1) is 13.7. The standard InChI is InChI=1S/C8H3Br2F5O/c9-3-1-2-4(16-7(11)12)6(10)5(3)8(13,14)15/h1-2,7H. The predicted molar refractivity (Wildman–Crippen MR) is 53.5 cm³/mol. The van der Waals surface area contributed by atoms with Gasteiger partial charge in [0, 0.05) is 4.47 Å². The fourth-order valence-electron chi connectivity index (χ4n) is 0.980. The Morgan fingerprint density at radius 1 is 1.12 bits per heavy atom. The summed E-state index contributed by atoms with van der Waals surface area (Å²) in [6.07, 6.45) is -4.67. The summed E-state index contributed by atoms with van der Waals surface area (Å²) in [4.78, 5) is 0. The minimum Gasteiger partial charge on any atom is -0.434 e. The Kier molecular flexibility index (Phi) is 4.17. The molecule has 8 heteroatoms. The topological polar surface area (TPSA) is 9.23 Å². The Balaban J connectivity index is 3.28. The third-order valence-corrected chi connectivity index (χ3v) is 3.00. The third-order valence-electron chi connectivity index (χ3n) is 1.56. The number of halogens is 7. The Labute approximate surface area is 104 Å². The highest BCUT2D eigenvalue weighted by molar-refractivity contribution is 9.11. The van der Waals surface area contributed by atoms with E-state index in [0.29, 0.717) is 0 Å². The van der Waals surface area contributed by atoms with Gasteiger partial charge in [-0.3, -0.25) is 0 Å². The zero-order valence-corrected chi connectivity index (χ0v) is 10.5. The maximum absolute atomic E-state index is 12.5. The maximum atomic E-state index is 12.5. The molecule has 0 N–H and O–H groups in total. The Hall–Kier alpha value is -0.370. The third kappa shape index (κ3) is 3.07. The first-order valence-corrected chi connectivity index (χ1v) is 5.32. The number of hydrogen-bond acceptors (Lipinski definition) is 1. The van der Waals surface area contributed by atoms with E-state index in [1.165, 1.54) is 0 Å². The molecule has 0 aromatic heterocycles. The van der Waals surface area contributed by atoms with E-state index >= 15 is 0 Å². The lowest BCUT2D eigenvalue weighted by Gasteiger charge is -2.14. The molecule has 0 amide bonds. The van der Waals surface area contributed by atoms with Gasteiger partial charge in [0.1, 0.15) is 5.75 Å². The molecule has 0 unspecified atom stereocenters. The van der Waals surface area contributed by atoms with Gasteiger partial charge in [0.15, 0.2) is 0 Å². The van der Waals surface area contributed by atoms with Gasteiger partial charge < -0.3 is 4.74 Å². The highest BCUT2D eigenvalue weighted by Crippen LogP contribution is 2.44. The quantitative estimate of drug-likeness (QED) is 0.678. The highest BCUT2D eigenvalue weighted by atomic mass is 79.9. The van der Waals surface area contributed by atoms with Crippen molar-refractivity contribution in [3.05, 3.63) is 26.6 Å². The van der Waals surface area contributed by atoms with Crippen LogP contribution in [-0.4, -0.2) is 6.61 Å². The van der Waals surface area contributed by atoms with Gasteiger partial charge in [-0.1, -0.05) is 15.9 Å². The normalized spacial score (nSPS) is 12.0. The van der Waals surface area contributed by atoms with Crippen LogP contribution in [0.3, 0.4) is 0 Å². The van der Waals surface area contributed by atoms with Crippen LogP contribution >= 0.6 is 31.9 Å². The zero-order chi connectivity index (χ0) is 12.5. The number of alkyl halides is 5. The van der Waals surface area contributed by atoms with Crippen LogP contribution in [0.15, 0.2) is 21.1 Å². The van der Waals surface area contributed by atoms with Crippen LogP contribution in [-0.2, 0) is 6.18 Å². The van der Waals surface area contributed by atoms with Crippen LogP contribution in [0.1, 0.15) is 5.56 Å². The summed E-state index contributed by atoms with van der Waals surface area (Å²) in [7, 11) is 0. The van der Waals surface area contributed by atoms with Crippen LogP contribution < -0.4 is 4.74 Å². The SMILES string of the molecule is FC(F)Oc1ccc(Br)c(C(F)(F)F)c1Br. The maximum Gasteiger partial charge on any atom is 0.418 e. The smallest absolute Gasteiger partial charge is 0.418 e. The average Bonchev–Trinajstić information content (AvgIpc) is 2.07. The zero-order valence-electron chi connectivity index (χ0n) is 7.29. The largest absolute Gasteiger partial charge is 0.434 e. The van der Waals surface area contributed by atoms with Crippen molar-refractivity contribution >= 4 is 31.9 Å². The molecule has 0 saturated heterocycles. The second-order valence-electron chi connectivity index (χ2n) is 2.61. The lowest BCUT2D eigenvalue weighted by molar-refractivity contribution is -0.139. The lowest BCUT2D eigenvalue weighted by atomic mass is 10.2. The lowest BCUT2D eigenvalue weighted by Crippen LogP contribution is -2.10. The molecule has 0 saturated carbocycles. The van der Waals surface area contributed by atoms with E-state index in [0.717, 1.165) is 12.1 Å². The average molecular weight is 370 g/mol. The van der Waals surface area contributed by atoms with Crippen molar-refractivity contribution in [2.45, 2.75) is 12.8 Å². The molecule has 1 aromatic carbocycles. The summed E-state index contributed by atoms with van der Waals surface area (Å²) in [5.74, 6) is -0.564. The molecule has 1 rings (SSSR count). The van der Waals surface area contributed by atoms with Gasteiger partial charge in [0.2, 0.25) is 0 Å². The van der Waals surface area contributed by atoms with Gasteiger partial charge in [0.05, 0.1) is 10.0 Å². The molecular weight excluding hydrogens is 367 g/mol. The molecule has 0 heterocycles. The Morgan fingerprint density at radius 3 is 2.12 bits per heavy atom. The van der Waals surface area contributed by atoms with Crippen LogP contribution in [0, 0.1) is 0 Å². The van der Waals surface area contributed by atoms with E-state index in [2.05, 4.69) is 36.6 Å². The summed E-state index contributed by atoms with van der Waals surface area (Å²) in [6, 6.07) is 2.00. The van der Waals surface area contributed by atoms with Gasteiger partial charge >= 0.3 is 12.8 Å². The summed E-state index contributed by atoms with van der Waals surface area (Å²) in [5, 5.41) is 0. The molecule has 0 aliphatic carbocycles. The number of benzene rings is 1. The summed E-state index contributed by atoms with van der Waals surface area (Å²) >= 11 is 5.28. The van der Waals surface area contributed by atoms with Crippen LogP contribution in [0.25, 0.3) is 0 Å². The number of hydrogen-bond donors (Lipinski definition) is 0. The molecular formula is C8H3Br2F5O. The molecule has 0 radical (unpaired) electrons. The van der Waals surface area contributed by atoms with Gasteiger partial charge in [-0.2, -0.15) is 22.0 Å². The van der Waals surface area contributed by atoms with E-state index in [-0.39, 0.29) is 4.47 Å². The van der Waals surface area contributed by atoms with Crippen LogP contribution in [0.5, 0.6) is 5.75 Å². The number of rotatable bonds is 2. The van der Waals surface area contributed by atoms with E-state index in [9.17, 15) is 22.0 Å². The Morgan fingerprint density at radius 2 is 1.69 bits per heavy atom. The van der Waals surface area contributed by atoms with Crippen LogP contribution in [0.4, 0.5) is 22.0 Å². The molecule has 0 aliphatic heterocycles. The highest BCUT2D eigenvalue weighted by Gasteiger charge is 2.37. The van der Waals surface area contributed by atoms with Gasteiger partial charge in [-0.25, -0.2) is 0 Å². The van der Waals surface area contributed by atoms with Crippen molar-refractivity contribution in [3.8, 4) is 5.75 Å². The first-order valence-electron chi connectivity index (χ1n) is 3.73. The molecule has 0 atom stereocenters. The Bertz CT molecular complexity index is 391. The first-order chi connectivity index (χ1) is 7.23. The van der Waals surface area contributed by atoms with Crippen molar-refractivity contribution in [2.75, 3.05) is 0 Å². The molecule has 16 heavy (non-hydrogen) atoms. The van der Waals surface area contributed by atoms with Crippen molar-refractivity contribution in [2.24, 2.45) is 0 Å². The van der Waals surface area contributed by atoms with E-state index in [4.69, 9.17) is 0 Å². The fraction of sp³-hybridized carbons (Fsp3) is 0.250. The second-order valence-corrected chi connectivity index (χ2v) is 4.26. The van der Waals surface area contributed by atoms with Gasteiger partial charge in [-0.05, 0) is 28.1 Å². The van der Waals surface area contributed by atoms with Crippen molar-refractivity contribution < 1.29 is 26.7 Å². The van der Waals surface area contributed by atoms with Crippen molar-refractivity contribution in [1.82, 2.24) is 0 Å². The van der Waals surface area contributed by atoms with E-state index in [1.807, 2.05) is 0 Å². The predicted octanol–water partition coefficient (Wildman–Crippen LogP) is 4.83. The van der Waals surface area contributed by atoms with Gasteiger partial charge in [0.25, 0.3) is 0 Å². The summed E-state index contributed by atoms with van der Waals surface area (Å²) in [5.41, 5.74) is -1.09. The minimum atomic E-state index is -4.67. The fourth-order valence-corrected chi connectivity index (χ4v) is 2.47. The molecule has 0 aliphatic rings. The molecule has 0 bridgehead atoms. The molecule has 1 aromatic rings. The monoisotopic (exact) mass is 368 g/mol.